The first-order chi connectivity index (χ1) is 15.9. The highest BCUT2D eigenvalue weighted by atomic mass is 16.2. The molecule has 2 heterocycles. The van der Waals surface area contributed by atoms with E-state index in [1.807, 2.05) is 6.07 Å². The van der Waals surface area contributed by atoms with E-state index < -0.39 is 0 Å². The summed E-state index contributed by atoms with van der Waals surface area (Å²) in [5.74, 6) is 0.415. The molecule has 0 aliphatic heterocycles. The number of nitrogens with zero attached hydrogens (tertiary/aromatic N) is 2. The Kier molecular flexibility index (Phi) is 6.43. The minimum absolute atomic E-state index is 0.0000326. The second kappa shape index (κ2) is 9.60. The Morgan fingerprint density at radius 1 is 1.00 bits per heavy atom. The van der Waals surface area contributed by atoms with E-state index in [9.17, 15) is 19.2 Å². The molecule has 1 aliphatic rings. The maximum absolute atomic E-state index is 12.3. The number of nitrogens with one attached hydrogen (secondary N) is 4. The predicted molar refractivity (Wildman–Crippen MR) is 121 cm³/mol. The number of anilines is 1. The van der Waals surface area contributed by atoms with Crippen molar-refractivity contribution in [3.8, 4) is 0 Å². The zero-order chi connectivity index (χ0) is 23.4. The monoisotopic (exact) mass is 448 g/mol. The van der Waals surface area contributed by atoms with E-state index in [2.05, 4.69) is 30.6 Å². The Morgan fingerprint density at radius 2 is 1.70 bits per heavy atom. The van der Waals surface area contributed by atoms with Gasteiger partial charge in [0.05, 0.1) is 12.8 Å². The largest absolute Gasteiger partial charge is 0.353 e. The molecule has 0 saturated heterocycles. The lowest BCUT2D eigenvalue weighted by atomic mass is 10.1. The third kappa shape index (κ3) is 6.22. The molecule has 0 radical (unpaired) electrons. The van der Waals surface area contributed by atoms with E-state index in [-0.39, 0.29) is 47.4 Å². The van der Waals surface area contributed by atoms with Gasteiger partial charge in [0.25, 0.3) is 11.1 Å². The zero-order valence-electron chi connectivity index (χ0n) is 18.1. The molecule has 0 spiro atoms. The van der Waals surface area contributed by atoms with Gasteiger partial charge in [-0.25, -0.2) is 9.97 Å². The second-order valence-corrected chi connectivity index (χ2v) is 8.13. The van der Waals surface area contributed by atoms with Crippen LogP contribution < -0.4 is 21.8 Å². The lowest BCUT2D eigenvalue weighted by molar-refractivity contribution is -0.120. The van der Waals surface area contributed by atoms with Gasteiger partial charge in [-0.3, -0.25) is 19.2 Å². The summed E-state index contributed by atoms with van der Waals surface area (Å²) >= 11 is 0. The van der Waals surface area contributed by atoms with Crippen LogP contribution in [0.15, 0.2) is 46.2 Å². The van der Waals surface area contributed by atoms with E-state index in [0.717, 1.165) is 18.4 Å². The molecule has 170 valence electrons. The molecule has 4 N–H and O–H groups in total. The van der Waals surface area contributed by atoms with Crippen molar-refractivity contribution >= 4 is 17.5 Å². The number of carbonyl (C=O) groups excluding carboxylic acids is 2. The Labute approximate surface area is 188 Å². The summed E-state index contributed by atoms with van der Waals surface area (Å²) in [7, 11) is 0. The maximum Gasteiger partial charge on any atom is 0.254 e. The summed E-state index contributed by atoms with van der Waals surface area (Å²) in [6.07, 6.45) is 5.04. The summed E-state index contributed by atoms with van der Waals surface area (Å²) in [5, 5.41) is 5.61. The third-order valence-electron chi connectivity index (χ3n) is 5.15. The van der Waals surface area contributed by atoms with Crippen molar-refractivity contribution in [2.45, 2.75) is 45.1 Å². The van der Waals surface area contributed by atoms with Gasteiger partial charge in [-0.15, -0.1) is 0 Å². The molecule has 0 unspecified atom stereocenters. The highest BCUT2D eigenvalue weighted by molar-refractivity contribution is 5.92. The van der Waals surface area contributed by atoms with Gasteiger partial charge in [-0.1, -0.05) is 12.1 Å². The van der Waals surface area contributed by atoms with Crippen LogP contribution in [0.25, 0.3) is 0 Å². The SMILES string of the molecule is Cc1ncc(CC(=O)Nc2cccc(Cc3ncc(CC(=O)NC4CC4)c(=O)[nH]3)c2)c(=O)[nH]1. The lowest BCUT2D eigenvalue weighted by Crippen LogP contribution is -2.29. The average molecular weight is 448 g/mol. The van der Waals surface area contributed by atoms with Crippen molar-refractivity contribution in [1.29, 1.82) is 0 Å². The van der Waals surface area contributed by atoms with E-state index in [0.29, 0.717) is 29.3 Å². The smallest absolute Gasteiger partial charge is 0.254 e. The molecule has 1 fully saturated rings. The Hall–Kier alpha value is -4.08. The molecule has 1 aliphatic carbocycles. The number of aromatic nitrogens is 4. The van der Waals surface area contributed by atoms with Crippen molar-refractivity contribution < 1.29 is 9.59 Å². The highest BCUT2D eigenvalue weighted by Crippen LogP contribution is 2.18. The van der Waals surface area contributed by atoms with Crippen LogP contribution in [0.5, 0.6) is 0 Å². The standard InChI is InChI=1S/C23H24N6O4/c1-13-24-11-15(22(32)26-13)9-21(31)28-18-4-2-3-14(7-18)8-19-25-12-16(23(33)29-19)10-20(30)27-17-5-6-17/h2-4,7,11-12,17H,5-6,8-10H2,1H3,(H,27,30)(H,28,31)(H,24,26,32)(H,25,29,33). The normalized spacial score (nSPS) is 12.9. The number of hydrogen-bond donors (Lipinski definition) is 4. The fourth-order valence-corrected chi connectivity index (χ4v) is 3.32. The van der Waals surface area contributed by atoms with E-state index in [1.54, 1.807) is 25.1 Å². The maximum atomic E-state index is 12.3. The van der Waals surface area contributed by atoms with E-state index >= 15 is 0 Å². The van der Waals surface area contributed by atoms with Crippen LogP contribution in [-0.2, 0) is 28.9 Å². The molecule has 3 aromatic rings. The number of aromatic amines is 2. The van der Waals surface area contributed by atoms with Crippen molar-refractivity contribution in [3.05, 3.63) is 85.7 Å². The summed E-state index contributed by atoms with van der Waals surface area (Å²) in [4.78, 5) is 62.1. The Balaban J connectivity index is 1.37. The van der Waals surface area contributed by atoms with Gasteiger partial charge >= 0.3 is 0 Å². The molecule has 2 amide bonds. The van der Waals surface area contributed by atoms with Crippen LogP contribution in [0.4, 0.5) is 5.69 Å². The van der Waals surface area contributed by atoms with Gasteiger partial charge in [0.2, 0.25) is 11.8 Å². The number of hydrogen-bond acceptors (Lipinski definition) is 6. The van der Waals surface area contributed by atoms with Gasteiger partial charge in [0, 0.05) is 41.7 Å². The number of carbonyl (C=O) groups is 2. The molecule has 1 aromatic carbocycles. The van der Waals surface area contributed by atoms with Crippen molar-refractivity contribution in [1.82, 2.24) is 25.3 Å². The first kappa shape index (κ1) is 22.1. The summed E-state index contributed by atoms with van der Waals surface area (Å²) in [6, 6.07) is 7.37. The quantitative estimate of drug-likeness (QED) is 0.400. The zero-order valence-corrected chi connectivity index (χ0v) is 18.1. The van der Waals surface area contributed by atoms with Crippen LogP contribution in [0.3, 0.4) is 0 Å². The average Bonchev–Trinajstić information content (AvgIpc) is 3.56. The van der Waals surface area contributed by atoms with E-state index in [1.165, 1.54) is 12.4 Å². The first-order valence-electron chi connectivity index (χ1n) is 10.7. The molecule has 0 bridgehead atoms. The molecule has 1 saturated carbocycles. The van der Waals surface area contributed by atoms with Gasteiger partial charge < -0.3 is 20.6 Å². The molecule has 10 heteroatoms. The topological polar surface area (TPSA) is 150 Å². The minimum Gasteiger partial charge on any atom is -0.353 e. The number of amides is 2. The summed E-state index contributed by atoms with van der Waals surface area (Å²) in [5.41, 5.74) is 1.30. The van der Waals surface area contributed by atoms with Crippen LogP contribution in [-0.4, -0.2) is 37.8 Å². The van der Waals surface area contributed by atoms with Gasteiger partial charge in [0.15, 0.2) is 0 Å². The van der Waals surface area contributed by atoms with Gasteiger partial charge in [-0.05, 0) is 37.5 Å². The fourth-order valence-electron chi connectivity index (χ4n) is 3.32. The molecule has 33 heavy (non-hydrogen) atoms. The van der Waals surface area contributed by atoms with Crippen LogP contribution >= 0.6 is 0 Å². The molecule has 4 rings (SSSR count). The highest BCUT2D eigenvalue weighted by Gasteiger charge is 2.23. The third-order valence-corrected chi connectivity index (χ3v) is 5.15. The van der Waals surface area contributed by atoms with Crippen LogP contribution in [0.1, 0.15) is 41.2 Å². The van der Waals surface area contributed by atoms with Crippen molar-refractivity contribution in [3.63, 3.8) is 0 Å². The number of benzene rings is 1. The minimum atomic E-state index is -0.344. The van der Waals surface area contributed by atoms with Crippen molar-refractivity contribution in [2.24, 2.45) is 0 Å². The number of aryl methyl sites for hydroxylation is 1. The number of H-pyrrole nitrogens is 2. The van der Waals surface area contributed by atoms with Crippen LogP contribution in [0, 0.1) is 6.92 Å². The van der Waals surface area contributed by atoms with Gasteiger partial charge in [-0.2, -0.15) is 0 Å². The van der Waals surface area contributed by atoms with Crippen molar-refractivity contribution in [2.75, 3.05) is 5.32 Å². The first-order valence-corrected chi connectivity index (χ1v) is 10.7. The molecule has 2 aromatic heterocycles. The fraction of sp³-hybridized carbons (Fsp3) is 0.304. The Morgan fingerprint density at radius 3 is 2.39 bits per heavy atom. The number of rotatable bonds is 8. The van der Waals surface area contributed by atoms with Crippen LogP contribution in [0.2, 0.25) is 0 Å². The predicted octanol–water partition coefficient (Wildman–Crippen LogP) is 0.755. The summed E-state index contributed by atoms with van der Waals surface area (Å²) in [6.45, 7) is 1.66. The molecular weight excluding hydrogens is 424 g/mol. The lowest BCUT2D eigenvalue weighted by Gasteiger charge is -2.08. The Bertz CT molecular complexity index is 1310. The van der Waals surface area contributed by atoms with Gasteiger partial charge in [0.1, 0.15) is 11.6 Å². The van der Waals surface area contributed by atoms with E-state index in [4.69, 9.17) is 0 Å². The molecular formula is C23H24N6O4. The molecule has 10 nitrogen and oxygen atoms in total. The second-order valence-electron chi connectivity index (χ2n) is 8.13. The molecule has 0 atom stereocenters. The summed E-state index contributed by atoms with van der Waals surface area (Å²) < 4.78 is 0.